The molecule has 1 fully saturated rings. The fourth-order valence-corrected chi connectivity index (χ4v) is 3.01. The first kappa shape index (κ1) is 19.1. The first-order valence-corrected chi connectivity index (χ1v) is 8.23. The predicted octanol–water partition coefficient (Wildman–Crippen LogP) is -1.86. The van der Waals surface area contributed by atoms with Crippen molar-refractivity contribution in [2.45, 2.75) is 37.8 Å². The number of nitrogen functional groups attached to an aromatic ring is 1. The second kappa shape index (κ2) is 6.81. The molecule has 0 unspecified atom stereocenters. The van der Waals surface area contributed by atoms with Gasteiger partial charge in [-0.1, -0.05) is 19.3 Å². The highest BCUT2D eigenvalue weighted by molar-refractivity contribution is 6.37. The average molecular weight is 371 g/mol. The Kier molecular flexibility index (Phi) is 4.81. The van der Waals surface area contributed by atoms with Crippen LogP contribution in [0.25, 0.3) is 5.52 Å². The number of aromatic nitrogens is 3. The van der Waals surface area contributed by atoms with E-state index in [0.717, 1.165) is 6.33 Å². The van der Waals surface area contributed by atoms with Gasteiger partial charge in [0.25, 0.3) is 0 Å². The zero-order valence-corrected chi connectivity index (χ0v) is 14.7. The summed E-state index contributed by atoms with van der Waals surface area (Å²) in [6.07, 6.45) is -3.07. The highest BCUT2D eigenvalue weighted by atomic mass is 16.6. The Morgan fingerprint density at radius 1 is 1.59 bits per heavy atom. The molecule has 3 heterocycles. The smallest absolute Gasteiger partial charge is 0.308 e. The standard InChI is InChI=1S/C16H18BN5O5/c1-7(2)15(25)26-4-9-12(23)13(24)16(5-18,27-9)10-3-8(17)11-14(19)20-6-21-22(10)11/h3,6-7,9,12-13,23-24H,4H2,1-2H3,(H2,19,20,21)/t9-,12-,13-,16+/m1/s1. The lowest BCUT2D eigenvalue weighted by molar-refractivity contribution is -0.154. The number of rotatable bonds is 4. The van der Waals surface area contributed by atoms with E-state index >= 15 is 0 Å². The molecule has 1 aliphatic heterocycles. The fraction of sp³-hybridized carbons (Fsp3) is 0.500. The average Bonchev–Trinajstić information content (AvgIpc) is 3.10. The first-order chi connectivity index (χ1) is 12.7. The van der Waals surface area contributed by atoms with Gasteiger partial charge in [-0.2, -0.15) is 10.4 Å². The summed E-state index contributed by atoms with van der Waals surface area (Å²) in [6.45, 7) is 2.99. The van der Waals surface area contributed by atoms with Crippen molar-refractivity contribution in [2.75, 3.05) is 12.3 Å². The van der Waals surface area contributed by atoms with Gasteiger partial charge < -0.3 is 25.4 Å². The highest BCUT2D eigenvalue weighted by Gasteiger charge is 2.58. The zero-order valence-electron chi connectivity index (χ0n) is 14.7. The van der Waals surface area contributed by atoms with Crippen molar-refractivity contribution in [1.82, 2.24) is 14.6 Å². The monoisotopic (exact) mass is 371 g/mol. The molecular formula is C16H18BN5O5. The van der Waals surface area contributed by atoms with Gasteiger partial charge in [0.2, 0.25) is 5.60 Å². The van der Waals surface area contributed by atoms with Gasteiger partial charge in [0, 0.05) is 0 Å². The number of nitriles is 1. The summed E-state index contributed by atoms with van der Waals surface area (Å²) in [5, 5.41) is 34.7. The van der Waals surface area contributed by atoms with Crippen LogP contribution >= 0.6 is 0 Å². The molecule has 4 N–H and O–H groups in total. The molecule has 0 bridgehead atoms. The largest absolute Gasteiger partial charge is 0.463 e. The Bertz CT molecular complexity index is 926. The van der Waals surface area contributed by atoms with Crippen LogP contribution in [0.4, 0.5) is 5.82 Å². The number of carbonyl (C=O) groups is 1. The zero-order chi connectivity index (χ0) is 19.9. The lowest BCUT2D eigenvalue weighted by atomic mass is 9.90. The third-order valence-corrected chi connectivity index (χ3v) is 4.48. The Hall–Kier alpha value is -2.68. The van der Waals surface area contributed by atoms with E-state index in [1.54, 1.807) is 13.8 Å². The van der Waals surface area contributed by atoms with E-state index in [-0.39, 0.29) is 35.0 Å². The molecule has 0 aromatic carbocycles. The van der Waals surface area contributed by atoms with E-state index in [4.69, 9.17) is 23.1 Å². The van der Waals surface area contributed by atoms with Crippen LogP contribution in [0.2, 0.25) is 0 Å². The van der Waals surface area contributed by atoms with Crippen molar-refractivity contribution in [2.24, 2.45) is 5.92 Å². The maximum Gasteiger partial charge on any atom is 0.308 e. The number of hydrogen-bond donors (Lipinski definition) is 3. The van der Waals surface area contributed by atoms with Crippen LogP contribution in [0, 0.1) is 17.2 Å². The number of nitrogens with zero attached hydrogens (tertiary/aromatic N) is 4. The van der Waals surface area contributed by atoms with Crippen LogP contribution < -0.4 is 11.2 Å². The summed E-state index contributed by atoms with van der Waals surface area (Å²) in [4.78, 5) is 15.5. The van der Waals surface area contributed by atoms with Crippen LogP contribution in [0.1, 0.15) is 19.5 Å². The lowest BCUT2D eigenvalue weighted by Gasteiger charge is -2.24. The van der Waals surface area contributed by atoms with Crippen molar-refractivity contribution in [3.05, 3.63) is 18.1 Å². The molecule has 2 aromatic rings. The quantitative estimate of drug-likeness (QED) is 0.414. The van der Waals surface area contributed by atoms with E-state index in [2.05, 4.69) is 10.1 Å². The molecule has 11 heteroatoms. The van der Waals surface area contributed by atoms with Gasteiger partial charge in [0.1, 0.15) is 50.7 Å². The molecule has 0 amide bonds. The molecule has 1 aliphatic rings. The highest BCUT2D eigenvalue weighted by Crippen LogP contribution is 2.40. The summed E-state index contributed by atoms with van der Waals surface area (Å²) in [7, 11) is 5.95. The van der Waals surface area contributed by atoms with E-state index in [0.29, 0.717) is 0 Å². The maximum atomic E-state index is 11.7. The van der Waals surface area contributed by atoms with Crippen molar-refractivity contribution in [3.63, 3.8) is 0 Å². The van der Waals surface area contributed by atoms with Crippen molar-refractivity contribution in [1.29, 1.82) is 5.26 Å². The van der Waals surface area contributed by atoms with Crippen LogP contribution in [-0.2, 0) is 19.9 Å². The van der Waals surface area contributed by atoms with Crippen LogP contribution in [-0.4, -0.2) is 63.5 Å². The minimum absolute atomic E-state index is 0.0795. The molecule has 0 spiro atoms. The molecule has 2 radical (unpaired) electrons. The number of aliphatic hydroxyl groups excluding tert-OH is 2. The number of carbonyl (C=O) groups excluding carboxylic acids is 1. The first-order valence-electron chi connectivity index (χ1n) is 8.23. The number of aliphatic hydroxyl groups is 2. The molecule has 0 saturated carbocycles. The number of esters is 1. The number of fused-ring (bicyclic) bond motifs is 1. The summed E-state index contributed by atoms with van der Waals surface area (Å²) < 4.78 is 12.0. The lowest BCUT2D eigenvalue weighted by Crippen LogP contribution is -2.41. The van der Waals surface area contributed by atoms with Crippen LogP contribution in [0.5, 0.6) is 0 Å². The molecule has 4 atom stereocenters. The second-order valence-electron chi connectivity index (χ2n) is 6.61. The van der Waals surface area contributed by atoms with Crippen LogP contribution in [0.3, 0.4) is 0 Å². The Balaban J connectivity index is 2.00. The number of hydrogen-bond acceptors (Lipinski definition) is 9. The molecule has 140 valence electrons. The minimum atomic E-state index is -1.99. The molecule has 27 heavy (non-hydrogen) atoms. The molecule has 1 saturated heterocycles. The summed E-state index contributed by atoms with van der Waals surface area (Å²) in [5.74, 6) is -0.784. The molecule has 2 aromatic heterocycles. The van der Waals surface area contributed by atoms with E-state index in [9.17, 15) is 20.3 Å². The SMILES string of the molecule is [B]c1cc([C@]2(C#N)O[C@H](COC(=O)C(C)C)[C@@H](O)[C@H]2O)n2ncnc(N)c12. The fourth-order valence-electron chi connectivity index (χ4n) is 3.01. The number of nitrogens with two attached hydrogens (primary N) is 1. The van der Waals surface area contributed by atoms with Gasteiger partial charge in [-0.05, 0) is 6.07 Å². The molecule has 3 rings (SSSR count). The third kappa shape index (κ3) is 2.91. The topological polar surface area (TPSA) is 156 Å². The van der Waals surface area contributed by atoms with E-state index in [1.165, 1.54) is 10.6 Å². The van der Waals surface area contributed by atoms with E-state index in [1.807, 2.05) is 6.07 Å². The summed E-state index contributed by atoms with van der Waals surface area (Å²) in [5.41, 5.74) is 4.33. The van der Waals surface area contributed by atoms with E-state index < -0.39 is 29.9 Å². The summed E-state index contributed by atoms with van der Waals surface area (Å²) >= 11 is 0. The molecule has 10 nitrogen and oxygen atoms in total. The molecule has 0 aliphatic carbocycles. The second-order valence-corrected chi connectivity index (χ2v) is 6.61. The minimum Gasteiger partial charge on any atom is -0.463 e. The Labute approximate surface area is 155 Å². The predicted molar refractivity (Wildman–Crippen MR) is 92.8 cm³/mol. The normalized spacial score (nSPS) is 27.8. The third-order valence-electron chi connectivity index (χ3n) is 4.48. The maximum absolute atomic E-state index is 11.7. The van der Waals surface area contributed by atoms with Gasteiger partial charge in [-0.25, -0.2) is 9.50 Å². The van der Waals surface area contributed by atoms with Crippen molar-refractivity contribution in [3.8, 4) is 6.07 Å². The van der Waals surface area contributed by atoms with Gasteiger partial charge in [-0.15, -0.1) is 0 Å². The van der Waals surface area contributed by atoms with Crippen molar-refractivity contribution < 1.29 is 24.5 Å². The van der Waals surface area contributed by atoms with Crippen LogP contribution in [0.15, 0.2) is 12.4 Å². The Morgan fingerprint density at radius 3 is 2.93 bits per heavy atom. The van der Waals surface area contributed by atoms with Gasteiger partial charge in [-0.3, -0.25) is 4.79 Å². The van der Waals surface area contributed by atoms with Gasteiger partial charge >= 0.3 is 5.97 Å². The van der Waals surface area contributed by atoms with Crippen molar-refractivity contribution >= 4 is 30.6 Å². The molecular weight excluding hydrogens is 353 g/mol. The number of ether oxygens (including phenoxy) is 2. The summed E-state index contributed by atoms with van der Waals surface area (Å²) in [6, 6.07) is 3.27. The number of anilines is 1. The van der Waals surface area contributed by atoms with Gasteiger partial charge in [0.05, 0.1) is 11.6 Å². The Morgan fingerprint density at radius 2 is 2.30 bits per heavy atom. The van der Waals surface area contributed by atoms with Gasteiger partial charge in [0.15, 0.2) is 5.82 Å².